The Hall–Kier alpha value is -2.30. The summed E-state index contributed by atoms with van der Waals surface area (Å²) in [6, 6.07) is 7.18. The van der Waals surface area contributed by atoms with Gasteiger partial charge in [0.1, 0.15) is 6.54 Å². The van der Waals surface area contributed by atoms with Gasteiger partial charge in [0, 0.05) is 29.7 Å². The summed E-state index contributed by atoms with van der Waals surface area (Å²) in [4.78, 5) is 21.6. The van der Waals surface area contributed by atoms with Gasteiger partial charge in [0.25, 0.3) is 0 Å². The average Bonchev–Trinajstić information content (AvgIpc) is 2.59. The molecule has 2 N–H and O–H groups in total. The Kier molecular flexibility index (Phi) is 2.82. The van der Waals surface area contributed by atoms with E-state index in [2.05, 4.69) is 5.32 Å². The predicted molar refractivity (Wildman–Crippen MR) is 63.9 cm³/mol. The number of hydrogen-bond acceptors (Lipinski definition) is 2. The molecule has 0 aliphatic heterocycles. The van der Waals surface area contributed by atoms with E-state index in [0.29, 0.717) is 5.69 Å². The Labute approximate surface area is 97.7 Å². The summed E-state index contributed by atoms with van der Waals surface area (Å²) >= 11 is 0. The molecule has 5 nitrogen and oxygen atoms in total. The summed E-state index contributed by atoms with van der Waals surface area (Å²) in [5.41, 5.74) is 1.54. The lowest BCUT2D eigenvalue weighted by Gasteiger charge is -2.04. The van der Waals surface area contributed by atoms with Gasteiger partial charge in [0.2, 0.25) is 5.91 Å². The molecule has 0 saturated heterocycles. The van der Waals surface area contributed by atoms with Gasteiger partial charge in [-0.25, -0.2) is 0 Å². The number of aliphatic carboxylic acids is 1. The van der Waals surface area contributed by atoms with E-state index in [1.807, 2.05) is 12.1 Å². The number of anilines is 1. The molecule has 5 heteroatoms. The molecule has 1 amide bonds. The highest BCUT2D eigenvalue weighted by molar-refractivity contribution is 5.92. The number of nitrogens with zero attached hydrogens (tertiary/aromatic N) is 1. The number of amides is 1. The molecule has 0 saturated carbocycles. The molecule has 0 spiro atoms. The average molecular weight is 232 g/mol. The van der Waals surface area contributed by atoms with Crippen molar-refractivity contribution in [2.24, 2.45) is 0 Å². The van der Waals surface area contributed by atoms with Gasteiger partial charge in [-0.1, -0.05) is 0 Å². The number of carbonyl (C=O) groups excluding carboxylic acids is 1. The van der Waals surface area contributed by atoms with E-state index in [-0.39, 0.29) is 12.5 Å². The van der Waals surface area contributed by atoms with E-state index in [4.69, 9.17) is 5.11 Å². The molecule has 0 unspecified atom stereocenters. The number of aromatic nitrogens is 1. The fourth-order valence-corrected chi connectivity index (χ4v) is 1.76. The van der Waals surface area contributed by atoms with Crippen LogP contribution < -0.4 is 5.32 Å². The monoisotopic (exact) mass is 232 g/mol. The van der Waals surface area contributed by atoms with Gasteiger partial charge in [-0.05, 0) is 24.3 Å². The van der Waals surface area contributed by atoms with Gasteiger partial charge < -0.3 is 15.0 Å². The number of carboxylic acids is 1. The van der Waals surface area contributed by atoms with Crippen LogP contribution in [0.25, 0.3) is 10.9 Å². The number of nitrogens with one attached hydrogen (secondary N) is 1. The maximum Gasteiger partial charge on any atom is 0.323 e. The van der Waals surface area contributed by atoms with Gasteiger partial charge in [-0.15, -0.1) is 0 Å². The van der Waals surface area contributed by atoms with E-state index < -0.39 is 5.97 Å². The van der Waals surface area contributed by atoms with Crippen molar-refractivity contribution in [1.29, 1.82) is 0 Å². The third-order valence-electron chi connectivity index (χ3n) is 2.40. The van der Waals surface area contributed by atoms with Gasteiger partial charge in [-0.2, -0.15) is 0 Å². The molecule has 0 bridgehead atoms. The Balaban J connectivity index is 2.37. The highest BCUT2D eigenvalue weighted by Crippen LogP contribution is 2.20. The first-order valence-corrected chi connectivity index (χ1v) is 5.14. The molecular formula is C12H12N2O3. The molecule has 0 aliphatic carbocycles. The SMILES string of the molecule is CC(=O)Nc1ccc2c(ccn2CC(=O)O)c1. The van der Waals surface area contributed by atoms with Gasteiger partial charge in [-0.3, -0.25) is 9.59 Å². The minimum absolute atomic E-state index is 0.0665. The maximum atomic E-state index is 10.9. The fraction of sp³-hybridized carbons (Fsp3) is 0.167. The zero-order valence-electron chi connectivity index (χ0n) is 9.30. The van der Waals surface area contributed by atoms with Crippen LogP contribution in [0.2, 0.25) is 0 Å². The van der Waals surface area contributed by atoms with Crippen LogP contribution in [0.5, 0.6) is 0 Å². The van der Waals surface area contributed by atoms with Crippen molar-refractivity contribution in [1.82, 2.24) is 4.57 Å². The molecule has 88 valence electrons. The standard InChI is InChI=1S/C12H12N2O3/c1-8(15)13-10-2-3-11-9(6-10)4-5-14(11)7-12(16)17/h2-6H,7H2,1H3,(H,13,15)(H,16,17). The lowest BCUT2D eigenvalue weighted by atomic mass is 10.2. The van der Waals surface area contributed by atoms with Crippen LogP contribution in [0.4, 0.5) is 5.69 Å². The van der Waals surface area contributed by atoms with Crippen molar-refractivity contribution < 1.29 is 14.7 Å². The van der Waals surface area contributed by atoms with Crippen molar-refractivity contribution >= 4 is 28.5 Å². The number of benzene rings is 1. The van der Waals surface area contributed by atoms with Crippen molar-refractivity contribution in [2.45, 2.75) is 13.5 Å². The highest BCUT2D eigenvalue weighted by Gasteiger charge is 2.05. The molecule has 17 heavy (non-hydrogen) atoms. The van der Waals surface area contributed by atoms with E-state index in [0.717, 1.165) is 10.9 Å². The minimum Gasteiger partial charge on any atom is -0.480 e. The zero-order chi connectivity index (χ0) is 12.4. The highest BCUT2D eigenvalue weighted by atomic mass is 16.4. The van der Waals surface area contributed by atoms with Crippen LogP contribution in [0.1, 0.15) is 6.92 Å². The largest absolute Gasteiger partial charge is 0.480 e. The van der Waals surface area contributed by atoms with Crippen molar-refractivity contribution in [3.05, 3.63) is 30.5 Å². The first kappa shape index (κ1) is 11.2. The molecule has 1 heterocycles. The van der Waals surface area contributed by atoms with Crippen molar-refractivity contribution in [2.75, 3.05) is 5.32 Å². The predicted octanol–water partition coefficient (Wildman–Crippen LogP) is 1.68. The summed E-state index contributed by atoms with van der Waals surface area (Å²) in [5, 5.41) is 12.3. The second kappa shape index (κ2) is 4.29. The van der Waals surface area contributed by atoms with Crippen molar-refractivity contribution in [3.8, 4) is 0 Å². The lowest BCUT2D eigenvalue weighted by Crippen LogP contribution is -2.07. The second-order valence-corrected chi connectivity index (χ2v) is 3.79. The van der Waals surface area contributed by atoms with Gasteiger partial charge in [0.05, 0.1) is 0 Å². The molecule has 2 aromatic rings. The molecular weight excluding hydrogens is 220 g/mol. The summed E-state index contributed by atoms with van der Waals surface area (Å²) in [6.07, 6.45) is 1.72. The smallest absolute Gasteiger partial charge is 0.323 e. The number of hydrogen-bond donors (Lipinski definition) is 2. The minimum atomic E-state index is -0.881. The third-order valence-corrected chi connectivity index (χ3v) is 2.40. The van der Waals surface area contributed by atoms with Crippen LogP contribution in [0.15, 0.2) is 30.5 Å². The fourth-order valence-electron chi connectivity index (χ4n) is 1.76. The molecule has 0 radical (unpaired) electrons. The summed E-state index contributed by atoms with van der Waals surface area (Å²) < 4.78 is 1.65. The molecule has 0 atom stereocenters. The first-order valence-electron chi connectivity index (χ1n) is 5.14. The van der Waals surface area contributed by atoms with Gasteiger partial charge in [0.15, 0.2) is 0 Å². The molecule has 0 fully saturated rings. The topological polar surface area (TPSA) is 71.3 Å². The van der Waals surface area contributed by atoms with E-state index in [9.17, 15) is 9.59 Å². The first-order chi connectivity index (χ1) is 8.06. The van der Waals surface area contributed by atoms with Crippen LogP contribution >= 0.6 is 0 Å². The molecule has 2 rings (SSSR count). The molecule has 1 aromatic heterocycles. The Morgan fingerprint density at radius 1 is 1.35 bits per heavy atom. The number of rotatable bonds is 3. The Bertz CT molecular complexity index is 586. The maximum absolute atomic E-state index is 10.9. The van der Waals surface area contributed by atoms with Gasteiger partial charge >= 0.3 is 5.97 Å². The second-order valence-electron chi connectivity index (χ2n) is 3.79. The molecule has 1 aromatic carbocycles. The third kappa shape index (κ3) is 2.44. The zero-order valence-corrected chi connectivity index (χ0v) is 9.30. The summed E-state index contributed by atoms with van der Waals surface area (Å²) in [5.74, 6) is -1.01. The summed E-state index contributed by atoms with van der Waals surface area (Å²) in [7, 11) is 0. The van der Waals surface area contributed by atoms with Crippen LogP contribution in [0.3, 0.4) is 0 Å². The van der Waals surface area contributed by atoms with E-state index in [1.165, 1.54) is 6.92 Å². The number of carboxylic acid groups (broad SMARTS) is 1. The van der Waals surface area contributed by atoms with E-state index >= 15 is 0 Å². The quantitative estimate of drug-likeness (QED) is 0.845. The van der Waals surface area contributed by atoms with E-state index in [1.54, 1.807) is 22.9 Å². The van der Waals surface area contributed by atoms with Crippen molar-refractivity contribution in [3.63, 3.8) is 0 Å². The number of carbonyl (C=O) groups is 2. The van der Waals surface area contributed by atoms with Crippen LogP contribution in [-0.2, 0) is 16.1 Å². The Morgan fingerprint density at radius 3 is 2.76 bits per heavy atom. The normalized spacial score (nSPS) is 10.4. The Morgan fingerprint density at radius 2 is 2.12 bits per heavy atom. The molecule has 0 aliphatic rings. The lowest BCUT2D eigenvalue weighted by molar-refractivity contribution is -0.137. The van der Waals surface area contributed by atoms with Crippen LogP contribution in [0, 0.1) is 0 Å². The van der Waals surface area contributed by atoms with Crippen LogP contribution in [-0.4, -0.2) is 21.6 Å². The summed E-state index contributed by atoms with van der Waals surface area (Å²) in [6.45, 7) is 1.38. The number of fused-ring (bicyclic) bond motifs is 1.